The second-order valence-corrected chi connectivity index (χ2v) is 5.90. The quantitative estimate of drug-likeness (QED) is 0.733. The third kappa shape index (κ3) is 4.92. The maximum absolute atomic E-state index is 13.9. The summed E-state index contributed by atoms with van der Waals surface area (Å²) in [4.78, 5) is 0. The van der Waals surface area contributed by atoms with Gasteiger partial charge in [-0.25, -0.2) is 8.78 Å². The van der Waals surface area contributed by atoms with Gasteiger partial charge >= 0.3 is 0 Å². The van der Waals surface area contributed by atoms with Crippen LogP contribution in [0.1, 0.15) is 51.0 Å². The Morgan fingerprint density at radius 1 is 1.24 bits per heavy atom. The van der Waals surface area contributed by atoms with Gasteiger partial charge in [-0.3, -0.25) is 0 Å². The molecule has 0 spiro atoms. The molecule has 1 aromatic rings. The topological polar surface area (TPSA) is 12.0 Å². The fourth-order valence-electron chi connectivity index (χ4n) is 3.02. The summed E-state index contributed by atoms with van der Waals surface area (Å²) >= 11 is 0. The molecule has 0 aliphatic heterocycles. The average molecular weight is 293 g/mol. The van der Waals surface area contributed by atoms with Crippen LogP contribution in [0.5, 0.6) is 0 Å². The molecule has 0 atom stereocenters. The Morgan fingerprint density at radius 3 is 2.71 bits per heavy atom. The van der Waals surface area contributed by atoms with E-state index in [1.807, 2.05) is 6.08 Å². The summed E-state index contributed by atoms with van der Waals surface area (Å²) in [7, 11) is 0. The minimum absolute atomic E-state index is 0.347. The van der Waals surface area contributed by atoms with Gasteiger partial charge in [0.05, 0.1) is 0 Å². The van der Waals surface area contributed by atoms with Gasteiger partial charge in [0.25, 0.3) is 0 Å². The lowest BCUT2D eigenvalue weighted by Crippen LogP contribution is -2.23. The van der Waals surface area contributed by atoms with Gasteiger partial charge in [-0.05, 0) is 49.9 Å². The van der Waals surface area contributed by atoms with Gasteiger partial charge in [-0.15, -0.1) is 0 Å². The van der Waals surface area contributed by atoms with E-state index in [0.717, 1.165) is 32.4 Å². The first-order valence-corrected chi connectivity index (χ1v) is 8.07. The Kier molecular flexibility index (Phi) is 6.37. The van der Waals surface area contributed by atoms with Crippen molar-refractivity contribution < 1.29 is 8.78 Å². The van der Waals surface area contributed by atoms with Gasteiger partial charge < -0.3 is 5.32 Å². The van der Waals surface area contributed by atoms with Crippen molar-refractivity contribution >= 4 is 6.08 Å². The van der Waals surface area contributed by atoms with Crippen LogP contribution >= 0.6 is 0 Å². The van der Waals surface area contributed by atoms with Crippen LogP contribution in [-0.2, 0) is 0 Å². The van der Waals surface area contributed by atoms with E-state index in [2.05, 4.69) is 12.2 Å². The lowest BCUT2D eigenvalue weighted by Gasteiger charge is -2.25. The Labute approximate surface area is 126 Å². The van der Waals surface area contributed by atoms with Crippen molar-refractivity contribution in [3.05, 3.63) is 41.0 Å². The molecule has 0 amide bonds. The molecular formula is C18H25F2N. The molecule has 1 N–H and O–H groups in total. The zero-order valence-electron chi connectivity index (χ0n) is 12.8. The molecule has 1 fully saturated rings. The molecule has 0 unspecified atom stereocenters. The van der Waals surface area contributed by atoms with Gasteiger partial charge in [-0.2, -0.15) is 0 Å². The molecule has 0 radical (unpaired) electrons. The van der Waals surface area contributed by atoms with Gasteiger partial charge in [0.2, 0.25) is 0 Å². The van der Waals surface area contributed by atoms with E-state index in [-0.39, 0.29) is 11.6 Å². The molecule has 1 aromatic carbocycles. The number of hydrogen-bond acceptors (Lipinski definition) is 1. The highest BCUT2D eigenvalue weighted by atomic mass is 19.1. The molecule has 1 nitrogen and oxygen atoms in total. The molecule has 3 heteroatoms. The van der Waals surface area contributed by atoms with E-state index in [0.29, 0.717) is 11.5 Å². The summed E-state index contributed by atoms with van der Waals surface area (Å²) < 4.78 is 27.2. The largest absolute Gasteiger partial charge is 0.313 e. The number of hydrogen-bond donors (Lipinski definition) is 1. The molecule has 116 valence electrons. The molecule has 1 aliphatic rings. The number of rotatable bonds is 6. The van der Waals surface area contributed by atoms with Crippen LogP contribution in [0.15, 0.2) is 23.8 Å². The van der Waals surface area contributed by atoms with Crippen LogP contribution in [0, 0.1) is 17.6 Å². The lowest BCUT2D eigenvalue weighted by atomic mass is 9.83. The first kappa shape index (κ1) is 16.2. The predicted octanol–water partition coefficient (Wildman–Crippen LogP) is 4.93. The van der Waals surface area contributed by atoms with Crippen LogP contribution < -0.4 is 5.32 Å². The van der Waals surface area contributed by atoms with E-state index in [4.69, 9.17) is 0 Å². The molecule has 0 aromatic heterocycles. The van der Waals surface area contributed by atoms with Crippen LogP contribution in [0.2, 0.25) is 0 Å². The van der Waals surface area contributed by atoms with Crippen molar-refractivity contribution in [1.82, 2.24) is 5.32 Å². The van der Waals surface area contributed by atoms with Crippen LogP contribution in [0.25, 0.3) is 6.08 Å². The molecule has 1 aliphatic carbocycles. The third-order valence-corrected chi connectivity index (χ3v) is 4.18. The van der Waals surface area contributed by atoms with Crippen LogP contribution in [0.3, 0.4) is 0 Å². The highest BCUT2D eigenvalue weighted by Gasteiger charge is 2.18. The van der Waals surface area contributed by atoms with Gasteiger partial charge in [0.1, 0.15) is 11.6 Å². The maximum atomic E-state index is 13.9. The monoisotopic (exact) mass is 293 g/mol. The first-order valence-electron chi connectivity index (χ1n) is 8.07. The number of nitrogens with one attached hydrogen (secondary N) is 1. The number of benzene rings is 1. The summed E-state index contributed by atoms with van der Waals surface area (Å²) in [5.41, 5.74) is 1.58. The molecule has 21 heavy (non-hydrogen) atoms. The van der Waals surface area contributed by atoms with Crippen molar-refractivity contribution in [2.45, 2.75) is 45.4 Å². The van der Waals surface area contributed by atoms with Crippen LogP contribution in [0.4, 0.5) is 8.78 Å². The van der Waals surface area contributed by atoms with Gasteiger partial charge in [0.15, 0.2) is 0 Å². The zero-order valence-corrected chi connectivity index (χ0v) is 12.8. The first-order chi connectivity index (χ1) is 10.2. The Bertz CT molecular complexity index is 476. The summed E-state index contributed by atoms with van der Waals surface area (Å²) in [6.07, 6.45) is 9.03. The van der Waals surface area contributed by atoms with E-state index >= 15 is 0 Å². The van der Waals surface area contributed by atoms with Crippen molar-refractivity contribution in [2.75, 3.05) is 13.1 Å². The van der Waals surface area contributed by atoms with Crippen LogP contribution in [-0.4, -0.2) is 13.1 Å². The molecule has 2 rings (SSSR count). The minimum atomic E-state index is -0.382. The summed E-state index contributed by atoms with van der Waals surface area (Å²) in [5.74, 6) is -0.224. The molecule has 1 saturated carbocycles. The fraction of sp³-hybridized carbons (Fsp3) is 0.556. The van der Waals surface area contributed by atoms with Gasteiger partial charge in [-0.1, -0.05) is 37.8 Å². The third-order valence-electron chi connectivity index (χ3n) is 4.18. The van der Waals surface area contributed by atoms with Gasteiger partial charge in [0, 0.05) is 12.1 Å². The lowest BCUT2D eigenvalue weighted by molar-refractivity contribution is 0.396. The second kappa shape index (κ2) is 8.28. The van der Waals surface area contributed by atoms with E-state index in [1.54, 1.807) is 0 Å². The standard InChI is InChI=1S/C18H25F2N/c1-2-10-21-13-16(14-6-4-3-5-7-14)11-15-12-17(19)8-9-18(15)20/h8-9,11-12,14,21H,2-7,10,13H2,1H3/b16-11-. The summed E-state index contributed by atoms with van der Waals surface area (Å²) in [6, 6.07) is 3.67. The summed E-state index contributed by atoms with van der Waals surface area (Å²) in [5, 5.41) is 3.40. The average Bonchev–Trinajstić information content (AvgIpc) is 2.51. The molecule has 0 heterocycles. The van der Waals surface area contributed by atoms with Crippen molar-refractivity contribution in [2.24, 2.45) is 5.92 Å². The van der Waals surface area contributed by atoms with E-state index in [1.165, 1.54) is 43.0 Å². The molecule has 0 saturated heterocycles. The second-order valence-electron chi connectivity index (χ2n) is 5.90. The Morgan fingerprint density at radius 2 is 2.00 bits per heavy atom. The normalized spacial score (nSPS) is 17.2. The van der Waals surface area contributed by atoms with Crippen molar-refractivity contribution in [3.8, 4) is 0 Å². The zero-order chi connectivity index (χ0) is 15.1. The maximum Gasteiger partial charge on any atom is 0.130 e. The van der Waals surface area contributed by atoms with Crippen molar-refractivity contribution in [3.63, 3.8) is 0 Å². The highest BCUT2D eigenvalue weighted by Crippen LogP contribution is 2.31. The van der Waals surface area contributed by atoms with Crippen molar-refractivity contribution in [1.29, 1.82) is 0 Å². The predicted molar refractivity (Wildman–Crippen MR) is 84.1 cm³/mol. The fourth-order valence-corrected chi connectivity index (χ4v) is 3.02. The van der Waals surface area contributed by atoms with E-state index in [9.17, 15) is 8.78 Å². The van der Waals surface area contributed by atoms with E-state index < -0.39 is 0 Å². The Balaban J connectivity index is 2.19. The highest BCUT2D eigenvalue weighted by molar-refractivity contribution is 5.54. The number of halogens is 2. The Hall–Kier alpha value is -1.22. The summed E-state index contributed by atoms with van der Waals surface area (Å²) in [6.45, 7) is 3.85. The minimum Gasteiger partial charge on any atom is -0.313 e. The molecular weight excluding hydrogens is 268 g/mol. The molecule has 0 bridgehead atoms. The smallest absolute Gasteiger partial charge is 0.130 e. The SMILES string of the molecule is CCCNC/C(=C/c1cc(F)ccc1F)C1CCCCC1.